The van der Waals surface area contributed by atoms with E-state index in [1.807, 2.05) is 0 Å². The molecular weight excluding hydrogens is 307 g/mol. The minimum absolute atomic E-state index is 0. The number of hydrogen-bond acceptors (Lipinski definition) is 3. The van der Waals surface area contributed by atoms with E-state index in [-0.39, 0.29) is 34.4 Å². The van der Waals surface area contributed by atoms with Gasteiger partial charge < -0.3 is 5.73 Å². The lowest BCUT2D eigenvalue weighted by molar-refractivity contribution is 0.373. The lowest BCUT2D eigenvalue weighted by Gasteiger charge is -2.26. The van der Waals surface area contributed by atoms with Crippen molar-refractivity contribution in [2.45, 2.75) is 42.7 Å². The van der Waals surface area contributed by atoms with E-state index in [1.165, 1.54) is 6.07 Å². The fourth-order valence-electron chi connectivity index (χ4n) is 2.18. The Balaban J connectivity index is 0.00000180. The van der Waals surface area contributed by atoms with Gasteiger partial charge in [0.15, 0.2) is 0 Å². The molecule has 1 aliphatic carbocycles. The lowest BCUT2D eigenvalue weighted by Crippen LogP contribution is -2.40. The third kappa shape index (κ3) is 4.33. The number of benzene rings is 1. The largest absolute Gasteiger partial charge is 0.328 e. The number of nitrogens with one attached hydrogen (secondary N) is 1. The highest BCUT2D eigenvalue weighted by Crippen LogP contribution is 2.23. The third-order valence-corrected chi connectivity index (χ3v) is 5.24. The van der Waals surface area contributed by atoms with Crippen LogP contribution in [-0.2, 0) is 10.0 Å². The molecule has 0 amide bonds. The van der Waals surface area contributed by atoms with Gasteiger partial charge in [-0.1, -0.05) is 23.7 Å². The Labute approximate surface area is 125 Å². The Hall–Kier alpha value is -0.330. The molecule has 1 aliphatic rings. The molecule has 0 radical (unpaired) electrons. The summed E-state index contributed by atoms with van der Waals surface area (Å²) in [7, 11) is -3.53. The summed E-state index contributed by atoms with van der Waals surface area (Å²) in [6, 6.07) is 6.63. The highest BCUT2D eigenvalue weighted by atomic mass is 35.5. The van der Waals surface area contributed by atoms with Crippen molar-refractivity contribution in [3.63, 3.8) is 0 Å². The number of sulfonamides is 1. The third-order valence-electron chi connectivity index (χ3n) is 3.22. The summed E-state index contributed by atoms with van der Waals surface area (Å²) in [5.41, 5.74) is 5.80. The summed E-state index contributed by atoms with van der Waals surface area (Å²) in [6.07, 6.45) is 3.28. The van der Waals surface area contributed by atoms with Crippen LogP contribution in [0, 0.1) is 0 Å². The highest BCUT2D eigenvalue weighted by Gasteiger charge is 2.25. The zero-order valence-electron chi connectivity index (χ0n) is 10.4. The fourth-order valence-corrected chi connectivity index (χ4v) is 4.01. The van der Waals surface area contributed by atoms with Crippen LogP contribution in [0.2, 0.25) is 5.02 Å². The summed E-state index contributed by atoms with van der Waals surface area (Å²) in [5.74, 6) is 0. The molecule has 1 aromatic rings. The molecule has 3 N–H and O–H groups in total. The second-order valence-corrected chi connectivity index (χ2v) is 6.75. The first kappa shape index (κ1) is 16.7. The first-order chi connectivity index (χ1) is 8.49. The molecule has 1 aromatic carbocycles. The van der Waals surface area contributed by atoms with Crippen molar-refractivity contribution in [3.8, 4) is 0 Å². The number of rotatable bonds is 3. The van der Waals surface area contributed by atoms with Crippen molar-refractivity contribution >= 4 is 34.0 Å². The Morgan fingerprint density at radius 1 is 1.16 bits per heavy atom. The first-order valence-electron chi connectivity index (χ1n) is 6.01. The van der Waals surface area contributed by atoms with Crippen molar-refractivity contribution < 1.29 is 8.42 Å². The van der Waals surface area contributed by atoms with E-state index in [2.05, 4.69) is 4.72 Å². The maximum absolute atomic E-state index is 12.2. The van der Waals surface area contributed by atoms with E-state index in [9.17, 15) is 8.42 Å². The number of hydrogen-bond donors (Lipinski definition) is 2. The molecule has 0 atom stereocenters. The van der Waals surface area contributed by atoms with Gasteiger partial charge in [0.25, 0.3) is 0 Å². The quantitative estimate of drug-likeness (QED) is 0.896. The van der Waals surface area contributed by atoms with E-state index >= 15 is 0 Å². The molecular formula is C12H18Cl2N2O2S. The molecule has 2 rings (SSSR count). The Morgan fingerprint density at radius 3 is 2.32 bits per heavy atom. The Morgan fingerprint density at radius 2 is 1.74 bits per heavy atom. The van der Waals surface area contributed by atoms with Crippen LogP contribution in [0.15, 0.2) is 29.2 Å². The van der Waals surface area contributed by atoms with Gasteiger partial charge in [-0.2, -0.15) is 0 Å². The Kier molecular flexibility index (Phi) is 6.08. The molecule has 0 spiro atoms. The summed E-state index contributed by atoms with van der Waals surface area (Å²) in [6.45, 7) is 0. The predicted molar refractivity (Wildman–Crippen MR) is 79.3 cm³/mol. The van der Waals surface area contributed by atoms with Gasteiger partial charge in [0.2, 0.25) is 10.0 Å². The summed E-state index contributed by atoms with van der Waals surface area (Å²) < 4.78 is 27.1. The molecule has 0 heterocycles. The van der Waals surface area contributed by atoms with Crippen LogP contribution in [0.1, 0.15) is 25.7 Å². The molecule has 1 fully saturated rings. The normalized spacial score (nSPS) is 23.7. The number of halogens is 2. The van der Waals surface area contributed by atoms with Crippen molar-refractivity contribution in [1.29, 1.82) is 0 Å². The molecule has 7 heteroatoms. The molecule has 0 aromatic heterocycles. The summed E-state index contributed by atoms with van der Waals surface area (Å²) in [5, 5.41) is 0.248. The van der Waals surface area contributed by atoms with Gasteiger partial charge in [-0.25, -0.2) is 13.1 Å². The Bertz CT molecular complexity index is 514. The second-order valence-electron chi connectivity index (χ2n) is 4.66. The standard InChI is InChI=1S/C12H17ClN2O2S.ClH/c13-11-3-1-2-4-12(11)18(16,17)15-10-7-5-9(14)6-8-10;/h1-4,9-10,15H,5-8,14H2;1H. The van der Waals surface area contributed by atoms with E-state index in [0.29, 0.717) is 0 Å². The zero-order valence-corrected chi connectivity index (χ0v) is 12.8. The smallest absolute Gasteiger partial charge is 0.242 e. The summed E-state index contributed by atoms with van der Waals surface area (Å²) in [4.78, 5) is 0.140. The molecule has 0 aliphatic heterocycles. The van der Waals surface area contributed by atoms with Crippen LogP contribution >= 0.6 is 24.0 Å². The minimum Gasteiger partial charge on any atom is -0.328 e. The highest BCUT2D eigenvalue weighted by molar-refractivity contribution is 7.89. The molecule has 0 unspecified atom stereocenters. The van der Waals surface area contributed by atoms with Crippen molar-refractivity contribution in [1.82, 2.24) is 4.72 Å². The maximum atomic E-state index is 12.2. The van der Waals surface area contributed by atoms with Crippen LogP contribution in [0.4, 0.5) is 0 Å². The van der Waals surface area contributed by atoms with E-state index < -0.39 is 10.0 Å². The zero-order chi connectivity index (χ0) is 13.2. The van der Waals surface area contributed by atoms with Gasteiger partial charge in [-0.15, -0.1) is 12.4 Å². The molecule has 0 saturated heterocycles. The van der Waals surface area contributed by atoms with E-state index in [0.717, 1.165) is 25.7 Å². The second kappa shape index (κ2) is 6.90. The minimum atomic E-state index is -3.53. The van der Waals surface area contributed by atoms with Gasteiger partial charge in [-0.05, 0) is 37.8 Å². The number of nitrogens with two attached hydrogens (primary N) is 1. The van der Waals surface area contributed by atoms with Crippen LogP contribution in [0.5, 0.6) is 0 Å². The average molecular weight is 325 g/mol. The van der Waals surface area contributed by atoms with Gasteiger partial charge in [0.1, 0.15) is 4.90 Å². The molecule has 0 bridgehead atoms. The fraction of sp³-hybridized carbons (Fsp3) is 0.500. The van der Waals surface area contributed by atoms with Crippen LogP contribution in [0.25, 0.3) is 0 Å². The van der Waals surface area contributed by atoms with Crippen LogP contribution in [0.3, 0.4) is 0 Å². The SMILES string of the molecule is Cl.NC1CCC(NS(=O)(=O)c2ccccc2Cl)CC1. The van der Waals surface area contributed by atoms with Gasteiger partial charge in [0, 0.05) is 12.1 Å². The molecule has 4 nitrogen and oxygen atoms in total. The monoisotopic (exact) mass is 324 g/mol. The lowest BCUT2D eigenvalue weighted by atomic mass is 9.93. The maximum Gasteiger partial charge on any atom is 0.242 e. The van der Waals surface area contributed by atoms with Crippen LogP contribution in [-0.4, -0.2) is 20.5 Å². The van der Waals surface area contributed by atoms with Crippen molar-refractivity contribution in [3.05, 3.63) is 29.3 Å². The van der Waals surface area contributed by atoms with Gasteiger partial charge in [0.05, 0.1) is 5.02 Å². The predicted octanol–water partition coefficient (Wildman–Crippen LogP) is 2.31. The van der Waals surface area contributed by atoms with Gasteiger partial charge in [-0.3, -0.25) is 0 Å². The van der Waals surface area contributed by atoms with E-state index in [1.54, 1.807) is 18.2 Å². The molecule has 108 valence electrons. The van der Waals surface area contributed by atoms with Crippen molar-refractivity contribution in [2.24, 2.45) is 5.73 Å². The van der Waals surface area contributed by atoms with Crippen molar-refractivity contribution in [2.75, 3.05) is 0 Å². The molecule has 19 heavy (non-hydrogen) atoms. The molecule has 1 saturated carbocycles. The average Bonchev–Trinajstić information content (AvgIpc) is 2.32. The summed E-state index contributed by atoms with van der Waals surface area (Å²) >= 11 is 5.91. The first-order valence-corrected chi connectivity index (χ1v) is 7.87. The van der Waals surface area contributed by atoms with E-state index in [4.69, 9.17) is 17.3 Å². The topological polar surface area (TPSA) is 72.2 Å². The van der Waals surface area contributed by atoms with Crippen LogP contribution < -0.4 is 10.5 Å². The van der Waals surface area contributed by atoms with Gasteiger partial charge >= 0.3 is 0 Å².